The number of aromatic nitrogens is 1. The van der Waals surface area contributed by atoms with Gasteiger partial charge in [-0.05, 0) is 26.0 Å². The minimum atomic E-state index is -3.88. The van der Waals surface area contributed by atoms with Crippen LogP contribution in [0.5, 0.6) is 0 Å². The first-order valence-corrected chi connectivity index (χ1v) is 6.41. The Bertz CT molecular complexity index is 543. The summed E-state index contributed by atoms with van der Waals surface area (Å²) in [6, 6.07) is 4.73. The molecule has 1 rings (SSSR count). The molecule has 92 valence electrons. The quantitative estimate of drug-likeness (QED) is 0.778. The number of nitrogens with two attached hydrogens (primary N) is 1. The van der Waals surface area contributed by atoms with Crippen LogP contribution in [0.15, 0.2) is 18.3 Å². The van der Waals surface area contributed by atoms with Crippen LogP contribution in [0.3, 0.4) is 0 Å². The molecular formula is C10H13N3O3S. The first-order chi connectivity index (χ1) is 7.69. The van der Waals surface area contributed by atoms with E-state index in [-0.39, 0.29) is 5.69 Å². The second-order valence-corrected chi connectivity index (χ2v) is 5.81. The van der Waals surface area contributed by atoms with E-state index in [1.165, 1.54) is 32.2 Å². The van der Waals surface area contributed by atoms with Gasteiger partial charge in [-0.1, -0.05) is 0 Å². The van der Waals surface area contributed by atoms with Crippen LogP contribution in [0.1, 0.15) is 25.1 Å². The number of nitrogens with zero attached hydrogens (tertiary/aromatic N) is 2. The van der Waals surface area contributed by atoms with Crippen LogP contribution in [0.2, 0.25) is 0 Å². The average Bonchev–Trinajstić information content (AvgIpc) is 2.27. The van der Waals surface area contributed by atoms with Gasteiger partial charge in [0.2, 0.25) is 10.0 Å². The van der Waals surface area contributed by atoms with Gasteiger partial charge in [-0.15, -0.1) is 0 Å². The first-order valence-electron chi connectivity index (χ1n) is 4.80. The van der Waals surface area contributed by atoms with Crippen LogP contribution in [0.25, 0.3) is 0 Å². The van der Waals surface area contributed by atoms with Crippen LogP contribution in [0, 0.1) is 11.3 Å². The summed E-state index contributed by atoms with van der Waals surface area (Å²) in [7, 11) is -3.88. The zero-order valence-electron chi connectivity index (χ0n) is 9.45. The zero-order chi connectivity index (χ0) is 13.3. The van der Waals surface area contributed by atoms with Crippen molar-refractivity contribution in [2.24, 2.45) is 5.14 Å². The van der Waals surface area contributed by atoms with Crippen LogP contribution >= 0.6 is 0 Å². The van der Waals surface area contributed by atoms with Crippen LogP contribution in [-0.2, 0) is 15.6 Å². The lowest BCUT2D eigenvalue weighted by atomic mass is 9.97. The maximum atomic E-state index is 11.2. The number of rotatable bonds is 3. The minimum absolute atomic E-state index is 0.151. The second kappa shape index (κ2) is 4.41. The summed E-state index contributed by atoms with van der Waals surface area (Å²) in [6.45, 7) is 2.62. The normalized spacial score (nSPS) is 16.9. The smallest absolute Gasteiger partial charge is 0.214 e. The molecule has 0 aliphatic heterocycles. The monoisotopic (exact) mass is 255 g/mol. The van der Waals surface area contributed by atoms with E-state index in [4.69, 9.17) is 10.4 Å². The van der Waals surface area contributed by atoms with Crippen molar-refractivity contribution >= 4 is 10.0 Å². The molecule has 0 bridgehead atoms. The fourth-order valence-corrected chi connectivity index (χ4v) is 2.05. The van der Waals surface area contributed by atoms with Crippen molar-refractivity contribution in [1.29, 1.82) is 5.26 Å². The molecule has 0 aliphatic carbocycles. The van der Waals surface area contributed by atoms with Gasteiger partial charge in [0.1, 0.15) is 16.9 Å². The third kappa shape index (κ3) is 2.79. The molecular weight excluding hydrogens is 242 g/mol. The second-order valence-electron chi connectivity index (χ2n) is 3.92. The Morgan fingerprint density at radius 1 is 1.59 bits per heavy atom. The van der Waals surface area contributed by atoms with E-state index in [2.05, 4.69) is 4.98 Å². The molecule has 7 heteroatoms. The van der Waals surface area contributed by atoms with Crippen LogP contribution in [0.4, 0.5) is 0 Å². The van der Waals surface area contributed by atoms with E-state index in [1.807, 2.05) is 6.07 Å². The Morgan fingerprint density at radius 2 is 2.18 bits per heavy atom. The third-order valence-electron chi connectivity index (χ3n) is 2.70. The Kier molecular flexibility index (Phi) is 3.52. The van der Waals surface area contributed by atoms with Gasteiger partial charge >= 0.3 is 0 Å². The Labute approximate surface area is 99.8 Å². The van der Waals surface area contributed by atoms with Crippen molar-refractivity contribution in [3.8, 4) is 6.07 Å². The van der Waals surface area contributed by atoms with Gasteiger partial charge in [-0.3, -0.25) is 4.98 Å². The molecule has 2 unspecified atom stereocenters. The summed E-state index contributed by atoms with van der Waals surface area (Å²) >= 11 is 0. The SMILES string of the molecule is CC(C(C)(O)c1ccc(C#N)cn1)S(N)(=O)=O. The Morgan fingerprint density at radius 3 is 2.53 bits per heavy atom. The number of hydrogen-bond acceptors (Lipinski definition) is 5. The molecule has 0 saturated heterocycles. The number of hydrogen-bond donors (Lipinski definition) is 2. The molecule has 17 heavy (non-hydrogen) atoms. The van der Waals surface area contributed by atoms with Crippen molar-refractivity contribution in [3.63, 3.8) is 0 Å². The standard InChI is InChI=1S/C10H13N3O3S/c1-7(17(12,15)16)10(2,14)9-4-3-8(5-11)6-13-9/h3-4,6-7,14H,1-2H3,(H2,12,15,16). The van der Waals surface area contributed by atoms with E-state index >= 15 is 0 Å². The summed E-state index contributed by atoms with van der Waals surface area (Å²) in [5, 5.41) is 22.5. The summed E-state index contributed by atoms with van der Waals surface area (Å²) < 4.78 is 22.4. The lowest BCUT2D eigenvalue weighted by molar-refractivity contribution is 0.0519. The van der Waals surface area contributed by atoms with Crippen molar-refractivity contribution < 1.29 is 13.5 Å². The van der Waals surface area contributed by atoms with Crippen molar-refractivity contribution in [2.75, 3.05) is 0 Å². The number of pyridine rings is 1. The average molecular weight is 255 g/mol. The topological polar surface area (TPSA) is 117 Å². The molecule has 0 amide bonds. The maximum Gasteiger partial charge on any atom is 0.214 e. The van der Waals surface area contributed by atoms with Gasteiger partial charge in [-0.2, -0.15) is 5.26 Å². The number of primary sulfonamides is 1. The predicted molar refractivity (Wildman–Crippen MR) is 61.1 cm³/mol. The fourth-order valence-electron chi connectivity index (χ4n) is 1.29. The molecule has 1 heterocycles. The first kappa shape index (κ1) is 13.6. The number of sulfonamides is 1. The summed E-state index contributed by atoms with van der Waals surface area (Å²) in [5.74, 6) is 0. The zero-order valence-corrected chi connectivity index (χ0v) is 10.3. The molecule has 0 fully saturated rings. The molecule has 1 aromatic rings. The van der Waals surface area contributed by atoms with Gasteiger partial charge < -0.3 is 5.11 Å². The molecule has 0 aromatic carbocycles. The molecule has 2 atom stereocenters. The molecule has 6 nitrogen and oxygen atoms in total. The fraction of sp³-hybridized carbons (Fsp3) is 0.400. The molecule has 1 aromatic heterocycles. The molecule has 0 aliphatic rings. The predicted octanol–water partition coefficient (Wildman–Crippen LogP) is -0.162. The lowest BCUT2D eigenvalue weighted by Gasteiger charge is -2.27. The van der Waals surface area contributed by atoms with Gasteiger partial charge in [0, 0.05) is 6.20 Å². The Balaban J connectivity index is 3.18. The molecule has 3 N–H and O–H groups in total. The largest absolute Gasteiger partial charge is 0.382 e. The van der Waals surface area contributed by atoms with E-state index in [9.17, 15) is 13.5 Å². The highest BCUT2D eigenvalue weighted by Gasteiger charge is 2.38. The number of aliphatic hydroxyl groups is 1. The molecule has 0 radical (unpaired) electrons. The van der Waals surface area contributed by atoms with E-state index < -0.39 is 20.9 Å². The highest BCUT2D eigenvalue weighted by Crippen LogP contribution is 2.26. The van der Waals surface area contributed by atoms with Crippen molar-refractivity contribution in [3.05, 3.63) is 29.6 Å². The lowest BCUT2D eigenvalue weighted by Crippen LogP contribution is -2.43. The molecule has 0 spiro atoms. The van der Waals surface area contributed by atoms with Gasteiger partial charge in [0.05, 0.1) is 11.3 Å². The van der Waals surface area contributed by atoms with Gasteiger partial charge in [0.25, 0.3) is 0 Å². The highest BCUT2D eigenvalue weighted by molar-refractivity contribution is 7.89. The summed E-state index contributed by atoms with van der Waals surface area (Å²) in [5.41, 5.74) is -1.23. The Hall–Kier alpha value is -1.49. The van der Waals surface area contributed by atoms with Gasteiger partial charge in [0.15, 0.2) is 0 Å². The van der Waals surface area contributed by atoms with Crippen LogP contribution in [-0.4, -0.2) is 23.8 Å². The maximum absolute atomic E-state index is 11.2. The minimum Gasteiger partial charge on any atom is -0.382 e. The van der Waals surface area contributed by atoms with E-state index in [0.29, 0.717) is 5.56 Å². The summed E-state index contributed by atoms with van der Waals surface area (Å²) in [4.78, 5) is 3.86. The van der Waals surface area contributed by atoms with Gasteiger partial charge in [-0.25, -0.2) is 13.6 Å². The van der Waals surface area contributed by atoms with E-state index in [1.54, 1.807) is 0 Å². The highest BCUT2D eigenvalue weighted by atomic mass is 32.2. The third-order valence-corrected chi connectivity index (χ3v) is 4.14. The molecule has 0 saturated carbocycles. The number of nitriles is 1. The van der Waals surface area contributed by atoms with E-state index in [0.717, 1.165) is 0 Å². The van der Waals surface area contributed by atoms with Crippen molar-refractivity contribution in [2.45, 2.75) is 24.7 Å². The van der Waals surface area contributed by atoms with Crippen LogP contribution < -0.4 is 5.14 Å². The van der Waals surface area contributed by atoms with Crippen molar-refractivity contribution in [1.82, 2.24) is 4.98 Å². The summed E-state index contributed by atoms with van der Waals surface area (Å²) in [6.07, 6.45) is 1.26.